The Morgan fingerprint density at radius 1 is 1.06 bits per heavy atom. The number of benzene rings is 2. The molecule has 2 aromatic rings. The highest BCUT2D eigenvalue weighted by Crippen LogP contribution is 2.23. The van der Waals surface area contributed by atoms with E-state index in [-0.39, 0.29) is 54.4 Å². The van der Waals surface area contributed by atoms with Crippen molar-refractivity contribution in [2.45, 2.75) is 11.3 Å². The molecule has 0 saturated carbocycles. The number of carbonyl (C=O) groups excluding carboxylic acids is 1. The van der Waals surface area contributed by atoms with E-state index >= 15 is 0 Å². The van der Waals surface area contributed by atoms with Gasteiger partial charge in [0.2, 0.25) is 15.9 Å². The van der Waals surface area contributed by atoms with E-state index in [2.05, 4.69) is 0 Å². The molecule has 0 radical (unpaired) electrons. The van der Waals surface area contributed by atoms with Gasteiger partial charge < -0.3 is 4.90 Å². The summed E-state index contributed by atoms with van der Waals surface area (Å²) in [6.45, 7) is 1.71. The van der Waals surface area contributed by atoms with Crippen LogP contribution in [0, 0.1) is 11.6 Å². The Kier molecular flexibility index (Phi) is 7.64. The van der Waals surface area contributed by atoms with E-state index in [0.717, 1.165) is 17.7 Å². The Morgan fingerprint density at radius 2 is 1.71 bits per heavy atom. The number of hydrogen-bond acceptors (Lipinski definition) is 4. The van der Waals surface area contributed by atoms with Crippen LogP contribution in [-0.2, 0) is 21.2 Å². The molecule has 1 amide bonds. The van der Waals surface area contributed by atoms with Gasteiger partial charge in [-0.25, -0.2) is 17.2 Å². The molecule has 3 rings (SSSR count). The Hall–Kier alpha value is -2.07. The summed E-state index contributed by atoms with van der Waals surface area (Å²) >= 11 is 5.71. The van der Waals surface area contributed by atoms with E-state index in [9.17, 15) is 22.0 Å². The third kappa shape index (κ3) is 6.00. The van der Waals surface area contributed by atoms with Crippen LogP contribution < -0.4 is 0 Å². The van der Waals surface area contributed by atoms with Crippen LogP contribution in [0.5, 0.6) is 0 Å². The van der Waals surface area contributed by atoms with Crippen LogP contribution in [0.3, 0.4) is 0 Å². The zero-order valence-electron chi connectivity index (χ0n) is 17.1. The fourth-order valence-corrected chi connectivity index (χ4v) is 5.04. The van der Waals surface area contributed by atoms with Gasteiger partial charge in [0.05, 0.1) is 16.5 Å². The molecule has 0 N–H and O–H groups in total. The maximum atomic E-state index is 13.3. The molecule has 10 heteroatoms. The number of carbonyl (C=O) groups is 1. The quantitative estimate of drug-likeness (QED) is 0.623. The van der Waals surface area contributed by atoms with Gasteiger partial charge in [0, 0.05) is 32.7 Å². The molecule has 0 atom stereocenters. The van der Waals surface area contributed by atoms with Gasteiger partial charge in [-0.15, -0.1) is 0 Å². The molecule has 0 aromatic heterocycles. The number of likely N-dealkylation sites (N-methyl/N-ethyl adjacent to an activating group) is 1. The van der Waals surface area contributed by atoms with Gasteiger partial charge in [-0.05, 0) is 49.4 Å². The molecular formula is C21H24ClF2N3O3S. The first-order valence-electron chi connectivity index (χ1n) is 9.83. The molecular weight excluding hydrogens is 448 g/mol. The molecule has 1 aliphatic heterocycles. The number of halogens is 3. The zero-order valence-corrected chi connectivity index (χ0v) is 18.7. The smallest absolute Gasteiger partial charge is 0.243 e. The Labute approximate surface area is 186 Å². The maximum Gasteiger partial charge on any atom is 0.243 e. The molecule has 0 spiro atoms. The minimum atomic E-state index is -3.81. The van der Waals surface area contributed by atoms with Crippen molar-refractivity contribution in [2.75, 3.05) is 46.3 Å². The van der Waals surface area contributed by atoms with Gasteiger partial charge in [-0.1, -0.05) is 23.7 Å². The Balaban J connectivity index is 1.49. The average molecular weight is 472 g/mol. The molecule has 6 nitrogen and oxygen atoms in total. The van der Waals surface area contributed by atoms with Gasteiger partial charge in [-0.2, -0.15) is 4.31 Å². The highest BCUT2D eigenvalue weighted by Gasteiger charge is 2.30. The highest BCUT2D eigenvalue weighted by molar-refractivity contribution is 7.89. The van der Waals surface area contributed by atoms with E-state index in [4.69, 9.17) is 11.6 Å². The van der Waals surface area contributed by atoms with E-state index in [1.165, 1.54) is 22.5 Å². The largest absolute Gasteiger partial charge is 0.339 e. The standard InChI is InChI=1S/C21H24ClF2N3O3S/c1-25(9-8-16-2-4-17(23)5-3-16)15-21(28)26-10-12-27(13-11-26)31(29,30)18-6-7-20(24)19(22)14-18/h2-7,14H,8-13,15H2,1H3. The first-order chi connectivity index (χ1) is 14.7. The maximum absolute atomic E-state index is 13.3. The fraction of sp³-hybridized carbons (Fsp3) is 0.381. The van der Waals surface area contributed by atoms with Crippen LogP contribution in [0.1, 0.15) is 5.56 Å². The fourth-order valence-electron chi connectivity index (χ4n) is 3.35. The number of piperazine rings is 1. The first kappa shape index (κ1) is 23.6. The van der Waals surface area contributed by atoms with Gasteiger partial charge in [0.1, 0.15) is 11.6 Å². The number of amides is 1. The molecule has 1 fully saturated rings. The van der Waals surface area contributed by atoms with Crippen LogP contribution in [0.4, 0.5) is 8.78 Å². The lowest BCUT2D eigenvalue weighted by Crippen LogP contribution is -2.52. The number of hydrogen-bond donors (Lipinski definition) is 0. The van der Waals surface area contributed by atoms with Crippen molar-refractivity contribution in [3.05, 3.63) is 64.7 Å². The van der Waals surface area contributed by atoms with Gasteiger partial charge in [0.25, 0.3) is 0 Å². The molecule has 168 valence electrons. The summed E-state index contributed by atoms with van der Waals surface area (Å²) in [6, 6.07) is 9.57. The molecule has 0 unspecified atom stereocenters. The van der Waals surface area contributed by atoms with Gasteiger partial charge in [-0.3, -0.25) is 9.69 Å². The molecule has 1 aliphatic rings. The molecule has 1 heterocycles. The summed E-state index contributed by atoms with van der Waals surface area (Å²) in [6.07, 6.45) is 0.691. The first-order valence-corrected chi connectivity index (χ1v) is 11.6. The van der Waals surface area contributed by atoms with E-state index in [1.54, 1.807) is 17.0 Å². The SMILES string of the molecule is CN(CCc1ccc(F)cc1)CC(=O)N1CCN(S(=O)(=O)c2ccc(F)c(Cl)c2)CC1. The van der Waals surface area contributed by atoms with Crippen molar-refractivity contribution in [1.82, 2.24) is 14.1 Å². The van der Waals surface area contributed by atoms with Crippen LogP contribution in [0.15, 0.2) is 47.4 Å². The van der Waals surface area contributed by atoms with Crippen molar-refractivity contribution in [3.63, 3.8) is 0 Å². The summed E-state index contributed by atoms with van der Waals surface area (Å²) in [5.74, 6) is -1.04. The number of rotatable bonds is 7. The Morgan fingerprint density at radius 3 is 2.32 bits per heavy atom. The second-order valence-corrected chi connectivity index (χ2v) is 9.82. The second-order valence-electron chi connectivity index (χ2n) is 7.48. The summed E-state index contributed by atoms with van der Waals surface area (Å²) in [5.41, 5.74) is 0.986. The molecule has 0 bridgehead atoms. The molecule has 2 aromatic carbocycles. The summed E-state index contributed by atoms with van der Waals surface area (Å²) in [4.78, 5) is 16.0. The zero-order chi connectivity index (χ0) is 22.6. The van der Waals surface area contributed by atoms with Crippen molar-refractivity contribution in [3.8, 4) is 0 Å². The average Bonchev–Trinajstić information content (AvgIpc) is 2.75. The lowest BCUT2D eigenvalue weighted by Gasteiger charge is -2.34. The van der Waals surface area contributed by atoms with E-state index in [1.807, 2.05) is 11.9 Å². The third-order valence-electron chi connectivity index (χ3n) is 5.22. The molecule has 1 saturated heterocycles. The highest BCUT2D eigenvalue weighted by atomic mass is 35.5. The van der Waals surface area contributed by atoms with Crippen molar-refractivity contribution >= 4 is 27.5 Å². The predicted molar refractivity (Wildman–Crippen MR) is 114 cm³/mol. The van der Waals surface area contributed by atoms with Crippen LogP contribution in [-0.4, -0.2) is 74.7 Å². The minimum Gasteiger partial charge on any atom is -0.339 e. The second kappa shape index (κ2) is 10.0. The third-order valence-corrected chi connectivity index (χ3v) is 7.41. The topological polar surface area (TPSA) is 60.9 Å². The van der Waals surface area contributed by atoms with Crippen molar-refractivity contribution in [2.24, 2.45) is 0 Å². The van der Waals surface area contributed by atoms with E-state index in [0.29, 0.717) is 13.0 Å². The number of nitrogens with zero attached hydrogens (tertiary/aromatic N) is 3. The van der Waals surface area contributed by atoms with Crippen molar-refractivity contribution in [1.29, 1.82) is 0 Å². The predicted octanol–water partition coefficient (Wildman–Crippen LogP) is 2.63. The van der Waals surface area contributed by atoms with Crippen LogP contribution in [0.2, 0.25) is 5.02 Å². The van der Waals surface area contributed by atoms with Crippen molar-refractivity contribution < 1.29 is 22.0 Å². The summed E-state index contributed by atoms with van der Waals surface area (Å²) < 4.78 is 53.1. The van der Waals surface area contributed by atoms with Gasteiger partial charge >= 0.3 is 0 Å². The monoisotopic (exact) mass is 471 g/mol. The molecule has 0 aliphatic carbocycles. The van der Waals surface area contributed by atoms with Crippen LogP contribution >= 0.6 is 11.6 Å². The minimum absolute atomic E-state index is 0.0702. The van der Waals surface area contributed by atoms with Gasteiger partial charge in [0.15, 0.2) is 0 Å². The summed E-state index contributed by atoms with van der Waals surface area (Å²) in [7, 11) is -1.97. The summed E-state index contributed by atoms with van der Waals surface area (Å²) in [5, 5.41) is -0.251. The normalized spacial score (nSPS) is 15.5. The Bertz CT molecular complexity index is 1030. The molecule has 31 heavy (non-hydrogen) atoms. The van der Waals surface area contributed by atoms with E-state index < -0.39 is 15.8 Å². The van der Waals surface area contributed by atoms with Crippen LogP contribution in [0.25, 0.3) is 0 Å². The lowest BCUT2D eigenvalue weighted by atomic mass is 10.1. The number of sulfonamides is 1. The lowest BCUT2D eigenvalue weighted by molar-refractivity contribution is -0.133.